The van der Waals surface area contributed by atoms with Gasteiger partial charge in [0.1, 0.15) is 0 Å². The monoisotopic (exact) mass is 529 g/mol. The Morgan fingerprint density at radius 3 is 1.55 bits per heavy atom. The van der Waals surface area contributed by atoms with Crippen molar-refractivity contribution in [3.63, 3.8) is 0 Å². The number of benzene rings is 4. The van der Waals surface area contributed by atoms with Crippen molar-refractivity contribution in [2.45, 2.75) is 19.4 Å². The molecule has 0 bridgehead atoms. The lowest BCUT2D eigenvalue weighted by molar-refractivity contribution is 0.554. The fourth-order valence-corrected chi connectivity index (χ4v) is 10.1. The van der Waals surface area contributed by atoms with Crippen molar-refractivity contribution in [3.8, 4) is 0 Å². The van der Waals surface area contributed by atoms with E-state index in [9.17, 15) is 0 Å². The van der Waals surface area contributed by atoms with Crippen molar-refractivity contribution < 1.29 is 0 Å². The molecule has 0 fully saturated rings. The molecule has 4 aromatic carbocycles. The van der Waals surface area contributed by atoms with Gasteiger partial charge in [-0.2, -0.15) is 0 Å². The summed E-state index contributed by atoms with van der Waals surface area (Å²) in [4.78, 5) is 0. The summed E-state index contributed by atoms with van der Waals surface area (Å²) >= 11 is 0. The second-order valence-corrected chi connectivity index (χ2v) is 13.6. The van der Waals surface area contributed by atoms with Crippen molar-refractivity contribution in [3.05, 3.63) is 151 Å². The van der Waals surface area contributed by atoms with Crippen molar-refractivity contribution in [1.29, 1.82) is 0 Å². The van der Waals surface area contributed by atoms with Gasteiger partial charge in [-0.1, -0.05) is 139 Å². The van der Waals surface area contributed by atoms with Crippen LogP contribution in [0.15, 0.2) is 151 Å². The molecule has 6 rings (SSSR count). The van der Waals surface area contributed by atoms with E-state index >= 15 is 0 Å². The number of rotatable bonds is 8. The Kier molecular flexibility index (Phi) is 7.40. The highest BCUT2D eigenvalue weighted by Gasteiger charge is 2.29. The Bertz CT molecular complexity index is 1470. The molecule has 38 heavy (non-hydrogen) atoms. The lowest BCUT2D eigenvalue weighted by atomic mass is 10.1. The Morgan fingerprint density at radius 1 is 0.632 bits per heavy atom. The average molecular weight is 530 g/mol. The van der Waals surface area contributed by atoms with Gasteiger partial charge in [-0.15, -0.1) is 5.10 Å². The van der Waals surface area contributed by atoms with Gasteiger partial charge in [-0.05, 0) is 53.4 Å². The van der Waals surface area contributed by atoms with Crippen molar-refractivity contribution in [2.24, 2.45) is 0 Å². The van der Waals surface area contributed by atoms with Gasteiger partial charge in [0.05, 0.1) is 17.7 Å². The quantitative estimate of drug-likeness (QED) is 0.233. The first-order chi connectivity index (χ1) is 18.8. The number of hydrogen-bond acceptors (Lipinski definition) is 2. The smallest absolute Gasteiger partial charge is 0.0910 e. The first-order valence-electron chi connectivity index (χ1n) is 12.9. The summed E-state index contributed by atoms with van der Waals surface area (Å²) in [6, 6.07) is 43.5. The van der Waals surface area contributed by atoms with Crippen LogP contribution in [-0.4, -0.2) is 15.0 Å². The van der Waals surface area contributed by atoms with Gasteiger partial charge in [0.15, 0.2) is 0 Å². The van der Waals surface area contributed by atoms with Gasteiger partial charge in [-0.25, -0.2) is 4.68 Å². The molecule has 0 saturated heterocycles. The lowest BCUT2D eigenvalue weighted by Gasteiger charge is -2.26. The van der Waals surface area contributed by atoms with Crippen LogP contribution in [0.4, 0.5) is 0 Å². The van der Waals surface area contributed by atoms with Crippen LogP contribution in [0, 0.1) is 0 Å². The van der Waals surface area contributed by atoms with E-state index in [0.29, 0.717) is 0 Å². The molecule has 186 valence electrons. The maximum Gasteiger partial charge on any atom is 0.0910 e. The molecule has 3 nitrogen and oxygen atoms in total. The van der Waals surface area contributed by atoms with Gasteiger partial charge in [0.25, 0.3) is 0 Å². The van der Waals surface area contributed by atoms with Crippen LogP contribution in [0.3, 0.4) is 0 Å². The van der Waals surface area contributed by atoms with E-state index < -0.39 is 15.8 Å². The minimum absolute atomic E-state index is 0.0658. The van der Waals surface area contributed by atoms with E-state index in [1.54, 1.807) is 0 Å². The molecule has 5 heteroatoms. The Morgan fingerprint density at radius 2 is 1.08 bits per heavy atom. The Labute approximate surface area is 227 Å². The number of nitrogens with zero attached hydrogens (tertiary/aromatic N) is 3. The first kappa shape index (κ1) is 24.7. The fourth-order valence-electron chi connectivity index (χ4n) is 5.10. The van der Waals surface area contributed by atoms with Gasteiger partial charge < -0.3 is 0 Å². The highest BCUT2D eigenvalue weighted by atomic mass is 31.1. The Hall–Kier alpha value is -3.64. The molecule has 1 aliphatic rings. The van der Waals surface area contributed by atoms with Gasteiger partial charge >= 0.3 is 0 Å². The summed E-state index contributed by atoms with van der Waals surface area (Å²) in [5.74, 6) is 0. The van der Waals surface area contributed by atoms with Gasteiger partial charge in [-0.3, -0.25) is 0 Å². The third kappa shape index (κ3) is 4.93. The standard InChI is InChI=1S/C33H29N3P2/c1-26(31-23-14-24-32(31)37(27-15-6-2-7-16-27)28-17-8-3-9-18-28)36-33(25-34-35-36)38(29-19-10-4-11-20-29)30-21-12-5-13-22-30/h2-23,25-26H,24H2,1H3/t26-/m0/s1. The summed E-state index contributed by atoms with van der Waals surface area (Å²) in [6.07, 6.45) is 7.57. The van der Waals surface area contributed by atoms with Crippen LogP contribution < -0.4 is 26.7 Å². The summed E-state index contributed by atoms with van der Waals surface area (Å²) in [7, 11) is -1.45. The van der Waals surface area contributed by atoms with E-state index in [-0.39, 0.29) is 6.04 Å². The molecular weight excluding hydrogens is 500 g/mol. The second kappa shape index (κ2) is 11.4. The topological polar surface area (TPSA) is 30.7 Å². The summed E-state index contributed by atoms with van der Waals surface area (Å²) in [6.45, 7) is 2.27. The van der Waals surface area contributed by atoms with Crippen LogP contribution in [-0.2, 0) is 0 Å². The minimum atomic E-state index is -0.797. The zero-order chi connectivity index (χ0) is 25.7. The Balaban J connectivity index is 1.46. The fraction of sp³-hybridized carbons (Fsp3) is 0.0909. The molecule has 1 aliphatic carbocycles. The highest BCUT2D eigenvalue weighted by molar-refractivity contribution is 7.79. The number of allylic oxidation sites excluding steroid dienone is 4. The van der Waals surface area contributed by atoms with Gasteiger partial charge in [0.2, 0.25) is 0 Å². The van der Waals surface area contributed by atoms with E-state index in [1.165, 1.54) is 37.5 Å². The normalized spacial score (nSPS) is 14.0. The molecule has 0 radical (unpaired) electrons. The van der Waals surface area contributed by atoms with Crippen LogP contribution in [0.1, 0.15) is 19.4 Å². The summed E-state index contributed by atoms with van der Waals surface area (Å²) < 4.78 is 2.17. The molecule has 0 spiro atoms. The predicted molar refractivity (Wildman–Crippen MR) is 163 cm³/mol. The van der Waals surface area contributed by atoms with Crippen molar-refractivity contribution >= 4 is 42.5 Å². The molecule has 0 aliphatic heterocycles. The second-order valence-electron chi connectivity index (χ2n) is 9.23. The molecule has 0 unspecified atom stereocenters. The molecule has 1 atom stereocenters. The van der Waals surface area contributed by atoms with Crippen LogP contribution in [0.2, 0.25) is 0 Å². The third-order valence-corrected chi connectivity index (χ3v) is 11.9. The maximum atomic E-state index is 4.69. The largest absolute Gasteiger partial charge is 0.237 e. The van der Waals surface area contributed by atoms with E-state index in [4.69, 9.17) is 5.21 Å². The molecular formula is C33H29N3P2. The summed E-state index contributed by atoms with van der Waals surface area (Å²) in [5.41, 5.74) is 2.52. The van der Waals surface area contributed by atoms with Crippen LogP contribution in [0.5, 0.6) is 0 Å². The van der Waals surface area contributed by atoms with Crippen LogP contribution in [0.25, 0.3) is 0 Å². The van der Waals surface area contributed by atoms with E-state index in [2.05, 4.69) is 150 Å². The highest BCUT2D eigenvalue weighted by Crippen LogP contribution is 2.50. The van der Waals surface area contributed by atoms with E-state index in [0.717, 1.165) is 6.42 Å². The predicted octanol–water partition coefficient (Wildman–Crippen LogP) is 5.94. The molecule has 5 aromatic rings. The van der Waals surface area contributed by atoms with Crippen molar-refractivity contribution in [1.82, 2.24) is 15.0 Å². The molecule has 1 aromatic heterocycles. The number of hydrogen-bond donors (Lipinski definition) is 0. The van der Waals surface area contributed by atoms with Crippen molar-refractivity contribution in [2.75, 3.05) is 0 Å². The minimum Gasteiger partial charge on any atom is -0.237 e. The van der Waals surface area contributed by atoms with E-state index in [1.807, 2.05) is 6.20 Å². The first-order valence-corrected chi connectivity index (χ1v) is 15.6. The zero-order valence-corrected chi connectivity index (χ0v) is 23.1. The molecule has 0 saturated carbocycles. The lowest BCUT2D eigenvalue weighted by Crippen LogP contribution is -2.29. The average Bonchev–Trinajstić information content (AvgIpc) is 3.66. The molecule has 0 amide bonds. The maximum absolute atomic E-state index is 4.69. The molecule has 0 N–H and O–H groups in total. The zero-order valence-electron chi connectivity index (χ0n) is 21.3. The number of aromatic nitrogens is 3. The molecule has 1 heterocycles. The third-order valence-electron chi connectivity index (χ3n) is 6.87. The SMILES string of the molecule is C[C@@H](C1=C(P(c2ccccc2)c2ccccc2)CC=C1)n1nncc1P(c1ccccc1)c1ccccc1. The summed E-state index contributed by atoms with van der Waals surface area (Å²) in [5, 5.41) is 16.0. The van der Waals surface area contributed by atoms with Crippen LogP contribution >= 0.6 is 15.8 Å². The van der Waals surface area contributed by atoms with Gasteiger partial charge in [0, 0.05) is 7.92 Å².